The zero-order chi connectivity index (χ0) is 18.7. The van der Waals surface area contributed by atoms with Gasteiger partial charge in [0.2, 0.25) is 5.91 Å². The number of carbonyl (C=O) groups is 2. The Labute approximate surface area is 160 Å². The first-order chi connectivity index (χ1) is 13.2. The van der Waals surface area contributed by atoms with Gasteiger partial charge >= 0.3 is 5.97 Å². The Balaban J connectivity index is 1.27. The Morgan fingerprint density at radius 1 is 0.963 bits per heavy atom. The summed E-state index contributed by atoms with van der Waals surface area (Å²) in [6, 6.07) is 18.0. The third-order valence-electron chi connectivity index (χ3n) is 5.80. The van der Waals surface area contributed by atoms with Gasteiger partial charge in [-0.3, -0.25) is 4.79 Å². The summed E-state index contributed by atoms with van der Waals surface area (Å²) in [5.74, 6) is -0.0122. The highest BCUT2D eigenvalue weighted by Crippen LogP contribution is 2.43. The first-order valence-electron chi connectivity index (χ1n) is 9.82. The summed E-state index contributed by atoms with van der Waals surface area (Å²) >= 11 is 0. The van der Waals surface area contributed by atoms with Crippen LogP contribution in [0.4, 0.5) is 0 Å². The molecule has 2 aliphatic heterocycles. The Morgan fingerprint density at radius 2 is 1.67 bits per heavy atom. The lowest BCUT2D eigenvalue weighted by molar-refractivity contribution is -0.135. The SMILES string of the molecule is O=C1OC2(CCN(C(=O)CCCCc3ccccc3)CC2)c2ccccc21. The van der Waals surface area contributed by atoms with Crippen molar-refractivity contribution < 1.29 is 14.3 Å². The monoisotopic (exact) mass is 363 g/mol. The largest absolute Gasteiger partial charge is 0.450 e. The molecule has 2 heterocycles. The fourth-order valence-corrected chi connectivity index (χ4v) is 4.24. The van der Waals surface area contributed by atoms with Crippen LogP contribution in [0.5, 0.6) is 0 Å². The summed E-state index contributed by atoms with van der Waals surface area (Å²) in [7, 11) is 0. The number of aryl methyl sites for hydroxylation is 1. The zero-order valence-electron chi connectivity index (χ0n) is 15.5. The van der Waals surface area contributed by atoms with Crippen molar-refractivity contribution in [2.24, 2.45) is 0 Å². The molecule has 27 heavy (non-hydrogen) atoms. The van der Waals surface area contributed by atoms with Crippen LogP contribution in [0.15, 0.2) is 54.6 Å². The first kappa shape index (κ1) is 17.8. The minimum absolute atomic E-state index is 0.218. The molecule has 140 valence electrons. The average Bonchev–Trinajstić information content (AvgIpc) is 2.98. The number of fused-ring (bicyclic) bond motifs is 2. The van der Waals surface area contributed by atoms with Crippen LogP contribution >= 0.6 is 0 Å². The van der Waals surface area contributed by atoms with E-state index < -0.39 is 5.60 Å². The molecule has 0 N–H and O–H groups in total. The number of carbonyl (C=O) groups excluding carboxylic acids is 2. The van der Waals surface area contributed by atoms with Crippen molar-refractivity contribution in [2.75, 3.05) is 13.1 Å². The Bertz CT molecular complexity index is 823. The third kappa shape index (κ3) is 3.61. The van der Waals surface area contributed by atoms with Crippen molar-refractivity contribution >= 4 is 11.9 Å². The average molecular weight is 363 g/mol. The highest BCUT2D eigenvalue weighted by molar-refractivity contribution is 5.94. The summed E-state index contributed by atoms with van der Waals surface area (Å²) in [5.41, 5.74) is 2.47. The van der Waals surface area contributed by atoms with Crippen LogP contribution in [0.1, 0.15) is 53.6 Å². The third-order valence-corrected chi connectivity index (χ3v) is 5.80. The first-order valence-corrected chi connectivity index (χ1v) is 9.82. The molecule has 1 saturated heterocycles. The predicted molar refractivity (Wildman–Crippen MR) is 103 cm³/mol. The van der Waals surface area contributed by atoms with Crippen molar-refractivity contribution in [1.29, 1.82) is 0 Å². The second-order valence-corrected chi connectivity index (χ2v) is 7.50. The van der Waals surface area contributed by atoms with Gasteiger partial charge in [-0.15, -0.1) is 0 Å². The summed E-state index contributed by atoms with van der Waals surface area (Å²) in [5, 5.41) is 0. The number of benzene rings is 2. The van der Waals surface area contributed by atoms with Gasteiger partial charge in [-0.25, -0.2) is 4.79 Å². The molecule has 4 rings (SSSR count). The van der Waals surface area contributed by atoms with E-state index in [2.05, 4.69) is 24.3 Å². The molecular weight excluding hydrogens is 338 g/mol. The summed E-state index contributed by atoms with van der Waals surface area (Å²) in [6.07, 6.45) is 4.92. The van der Waals surface area contributed by atoms with E-state index in [1.165, 1.54) is 5.56 Å². The number of esters is 1. The minimum Gasteiger partial charge on any atom is -0.450 e. The van der Waals surface area contributed by atoms with Crippen LogP contribution in [0.25, 0.3) is 0 Å². The van der Waals surface area contributed by atoms with Gasteiger partial charge in [0.15, 0.2) is 0 Å². The Kier molecular flexibility index (Phi) is 4.97. The van der Waals surface area contributed by atoms with Gasteiger partial charge < -0.3 is 9.64 Å². The van der Waals surface area contributed by atoms with E-state index >= 15 is 0 Å². The molecule has 2 aliphatic rings. The molecule has 1 fully saturated rings. The van der Waals surface area contributed by atoms with E-state index in [0.717, 1.165) is 24.8 Å². The van der Waals surface area contributed by atoms with Crippen molar-refractivity contribution in [3.05, 3.63) is 71.3 Å². The number of nitrogens with zero attached hydrogens (tertiary/aromatic N) is 1. The molecule has 0 saturated carbocycles. The number of amides is 1. The molecule has 1 amide bonds. The summed E-state index contributed by atoms with van der Waals surface area (Å²) in [6.45, 7) is 1.30. The molecule has 0 aromatic heterocycles. The smallest absolute Gasteiger partial charge is 0.339 e. The Morgan fingerprint density at radius 3 is 2.44 bits per heavy atom. The highest BCUT2D eigenvalue weighted by Gasteiger charge is 2.47. The van der Waals surface area contributed by atoms with E-state index in [1.54, 1.807) is 0 Å². The van der Waals surface area contributed by atoms with E-state index in [0.29, 0.717) is 37.9 Å². The maximum Gasteiger partial charge on any atom is 0.339 e. The molecule has 0 atom stereocenters. The van der Waals surface area contributed by atoms with Gasteiger partial charge in [0.25, 0.3) is 0 Å². The van der Waals surface area contributed by atoms with Crippen LogP contribution in [0.3, 0.4) is 0 Å². The molecule has 1 spiro atoms. The molecule has 0 unspecified atom stereocenters. The fraction of sp³-hybridized carbons (Fsp3) is 0.391. The van der Waals surface area contributed by atoms with Gasteiger partial charge in [0.05, 0.1) is 5.56 Å². The van der Waals surface area contributed by atoms with Crippen molar-refractivity contribution in [3.8, 4) is 0 Å². The van der Waals surface area contributed by atoms with Gasteiger partial charge in [-0.2, -0.15) is 0 Å². The van der Waals surface area contributed by atoms with E-state index in [9.17, 15) is 9.59 Å². The highest BCUT2D eigenvalue weighted by atomic mass is 16.6. The maximum atomic E-state index is 12.5. The van der Waals surface area contributed by atoms with Crippen molar-refractivity contribution in [2.45, 2.75) is 44.1 Å². The van der Waals surface area contributed by atoms with Crippen molar-refractivity contribution in [3.63, 3.8) is 0 Å². The van der Waals surface area contributed by atoms with Gasteiger partial charge in [0, 0.05) is 37.9 Å². The number of likely N-dealkylation sites (tertiary alicyclic amines) is 1. The fourth-order valence-electron chi connectivity index (χ4n) is 4.24. The second-order valence-electron chi connectivity index (χ2n) is 7.50. The molecule has 4 heteroatoms. The quantitative estimate of drug-likeness (QED) is 0.594. The standard InChI is InChI=1S/C23H25NO3/c25-21(13-7-4-10-18-8-2-1-3-9-18)24-16-14-23(15-17-24)20-12-6-5-11-19(20)22(26)27-23/h1-3,5-6,8-9,11-12H,4,7,10,13-17H2. The van der Waals surface area contributed by atoms with Gasteiger partial charge in [-0.1, -0.05) is 48.5 Å². The van der Waals surface area contributed by atoms with Gasteiger partial charge in [-0.05, 0) is 30.9 Å². The van der Waals surface area contributed by atoms with E-state index in [-0.39, 0.29) is 11.9 Å². The van der Waals surface area contributed by atoms with Crippen molar-refractivity contribution in [1.82, 2.24) is 4.90 Å². The zero-order valence-corrected chi connectivity index (χ0v) is 15.5. The normalized spacial score (nSPS) is 17.6. The molecule has 0 aliphatic carbocycles. The van der Waals surface area contributed by atoms with Crippen LogP contribution in [-0.2, 0) is 21.6 Å². The molecule has 0 bridgehead atoms. The molecular formula is C23H25NO3. The van der Waals surface area contributed by atoms with E-state index in [4.69, 9.17) is 4.74 Å². The second kappa shape index (κ2) is 7.55. The predicted octanol–water partition coefficient (Wildman–Crippen LogP) is 4.09. The maximum absolute atomic E-state index is 12.5. The Hall–Kier alpha value is -2.62. The summed E-state index contributed by atoms with van der Waals surface area (Å²) in [4.78, 5) is 26.6. The topological polar surface area (TPSA) is 46.6 Å². The van der Waals surface area contributed by atoms with Crippen LogP contribution < -0.4 is 0 Å². The summed E-state index contributed by atoms with van der Waals surface area (Å²) < 4.78 is 5.76. The molecule has 2 aromatic rings. The van der Waals surface area contributed by atoms with Gasteiger partial charge in [0.1, 0.15) is 5.60 Å². The molecule has 4 nitrogen and oxygen atoms in total. The lowest BCUT2D eigenvalue weighted by Crippen LogP contribution is -2.45. The number of hydrogen-bond donors (Lipinski definition) is 0. The number of rotatable bonds is 5. The number of hydrogen-bond acceptors (Lipinski definition) is 3. The minimum atomic E-state index is -0.530. The molecule has 2 aromatic carbocycles. The van der Waals surface area contributed by atoms with Crippen LogP contribution in [0, 0.1) is 0 Å². The molecule has 0 radical (unpaired) electrons. The lowest BCUT2D eigenvalue weighted by Gasteiger charge is -2.38. The van der Waals surface area contributed by atoms with Crippen LogP contribution in [0.2, 0.25) is 0 Å². The van der Waals surface area contributed by atoms with Crippen LogP contribution in [-0.4, -0.2) is 29.9 Å². The lowest BCUT2D eigenvalue weighted by atomic mass is 9.83. The number of piperidine rings is 1. The number of ether oxygens (including phenoxy) is 1. The number of unbranched alkanes of at least 4 members (excludes halogenated alkanes) is 1. The van der Waals surface area contributed by atoms with E-state index in [1.807, 2.05) is 35.2 Å².